The van der Waals surface area contributed by atoms with Crippen molar-refractivity contribution >= 4 is 38.3 Å². The Balaban J connectivity index is 1.87. The van der Waals surface area contributed by atoms with Crippen molar-refractivity contribution in [1.82, 2.24) is 15.0 Å². The van der Waals surface area contributed by atoms with Gasteiger partial charge in [0.2, 0.25) is 0 Å². The lowest BCUT2D eigenvalue weighted by Crippen LogP contribution is -2.13. The monoisotopic (exact) mass is 271 g/mol. The molecule has 2 aromatic heterocycles. The Hall–Kier alpha value is -2.54. The maximum absolute atomic E-state index is 11.9. The minimum absolute atomic E-state index is 0.251. The van der Waals surface area contributed by atoms with E-state index >= 15 is 0 Å². The summed E-state index contributed by atoms with van der Waals surface area (Å²) in [5.41, 5.74) is 7.34. The lowest BCUT2D eigenvalue weighted by molar-refractivity contribution is 0.102. The zero-order chi connectivity index (χ0) is 13.2. The van der Waals surface area contributed by atoms with Crippen molar-refractivity contribution in [2.75, 3.05) is 11.1 Å². The number of nitrogens with two attached hydrogens (primary N) is 1. The molecule has 7 heteroatoms. The molecule has 94 valence electrons. The molecule has 0 atom stereocenters. The predicted octanol–water partition coefficient (Wildman–Crippen LogP) is 1.92. The van der Waals surface area contributed by atoms with Gasteiger partial charge < -0.3 is 5.73 Å². The van der Waals surface area contributed by atoms with Crippen molar-refractivity contribution in [3.63, 3.8) is 0 Å². The second-order valence-corrected chi connectivity index (χ2v) is 4.82. The zero-order valence-electron chi connectivity index (χ0n) is 9.70. The molecule has 3 N–H and O–H groups in total. The van der Waals surface area contributed by atoms with E-state index in [2.05, 4.69) is 20.3 Å². The van der Waals surface area contributed by atoms with Crippen molar-refractivity contribution in [1.29, 1.82) is 0 Å². The smallest absolute Gasteiger partial charge is 0.277 e. The van der Waals surface area contributed by atoms with Gasteiger partial charge in [-0.1, -0.05) is 11.3 Å². The van der Waals surface area contributed by atoms with Crippen LogP contribution >= 0.6 is 11.3 Å². The molecule has 1 amide bonds. The molecule has 0 bridgehead atoms. The highest BCUT2D eigenvalue weighted by molar-refractivity contribution is 7.22. The standard InChI is InChI=1S/C12H9N5OS/c13-7-1-2-10-8(5-7)16-12(19-10)17-11(18)9-6-14-3-4-15-9/h1-6H,13H2,(H,16,17,18). The molecule has 3 rings (SSSR count). The van der Waals surface area contributed by atoms with Gasteiger partial charge in [-0.2, -0.15) is 0 Å². The number of thiazole rings is 1. The molecule has 0 saturated carbocycles. The number of nitrogens with one attached hydrogen (secondary N) is 1. The van der Waals surface area contributed by atoms with E-state index in [1.807, 2.05) is 6.07 Å². The fraction of sp³-hybridized carbons (Fsp3) is 0. The average Bonchev–Trinajstić information content (AvgIpc) is 2.81. The number of benzene rings is 1. The van der Waals surface area contributed by atoms with Crippen molar-refractivity contribution < 1.29 is 4.79 Å². The fourth-order valence-corrected chi connectivity index (χ4v) is 2.42. The third-order valence-electron chi connectivity index (χ3n) is 2.43. The van der Waals surface area contributed by atoms with Crippen molar-refractivity contribution in [3.8, 4) is 0 Å². The molecule has 0 saturated heterocycles. The first kappa shape index (κ1) is 11.5. The number of anilines is 2. The van der Waals surface area contributed by atoms with Gasteiger partial charge in [0.25, 0.3) is 5.91 Å². The van der Waals surface area contributed by atoms with Gasteiger partial charge in [0.05, 0.1) is 16.4 Å². The third-order valence-corrected chi connectivity index (χ3v) is 3.38. The van der Waals surface area contributed by atoms with Crippen LogP contribution in [0.4, 0.5) is 10.8 Å². The molecule has 19 heavy (non-hydrogen) atoms. The normalized spacial score (nSPS) is 10.5. The first-order valence-corrected chi connectivity index (χ1v) is 6.27. The van der Waals surface area contributed by atoms with E-state index in [0.29, 0.717) is 10.8 Å². The van der Waals surface area contributed by atoms with Crippen LogP contribution in [0.2, 0.25) is 0 Å². The van der Waals surface area contributed by atoms with E-state index in [1.165, 1.54) is 29.9 Å². The molecular weight excluding hydrogens is 262 g/mol. The van der Waals surface area contributed by atoms with Crippen LogP contribution in [-0.4, -0.2) is 20.9 Å². The van der Waals surface area contributed by atoms with Crippen molar-refractivity contribution in [2.45, 2.75) is 0 Å². The summed E-state index contributed by atoms with van der Waals surface area (Å²) in [6.45, 7) is 0. The van der Waals surface area contributed by atoms with E-state index in [9.17, 15) is 4.79 Å². The number of hydrogen-bond acceptors (Lipinski definition) is 6. The number of aromatic nitrogens is 3. The topological polar surface area (TPSA) is 93.8 Å². The van der Waals surface area contributed by atoms with Gasteiger partial charge in [0.15, 0.2) is 5.13 Å². The van der Waals surface area contributed by atoms with Crippen molar-refractivity contribution in [2.24, 2.45) is 0 Å². The van der Waals surface area contributed by atoms with Gasteiger partial charge in [-0.05, 0) is 18.2 Å². The van der Waals surface area contributed by atoms with Crippen LogP contribution in [0, 0.1) is 0 Å². The molecule has 6 nitrogen and oxygen atoms in total. The first-order valence-electron chi connectivity index (χ1n) is 5.46. The number of nitrogen functional groups attached to an aromatic ring is 1. The molecule has 0 aliphatic heterocycles. The predicted molar refractivity (Wildman–Crippen MR) is 74.0 cm³/mol. The highest BCUT2D eigenvalue weighted by atomic mass is 32.1. The molecule has 0 aliphatic carbocycles. The van der Waals surface area contributed by atoms with Crippen LogP contribution in [0.5, 0.6) is 0 Å². The van der Waals surface area contributed by atoms with Crippen LogP contribution in [0.1, 0.15) is 10.5 Å². The van der Waals surface area contributed by atoms with Crippen LogP contribution in [0.3, 0.4) is 0 Å². The van der Waals surface area contributed by atoms with E-state index in [0.717, 1.165) is 10.2 Å². The lowest BCUT2D eigenvalue weighted by atomic mass is 10.3. The summed E-state index contributed by atoms with van der Waals surface area (Å²) in [7, 11) is 0. The van der Waals surface area contributed by atoms with E-state index in [-0.39, 0.29) is 11.6 Å². The first-order chi connectivity index (χ1) is 9.22. The Morgan fingerprint density at radius 2 is 2.21 bits per heavy atom. The van der Waals surface area contributed by atoms with Crippen molar-refractivity contribution in [3.05, 3.63) is 42.5 Å². The maximum atomic E-state index is 11.9. The number of rotatable bonds is 2. The Morgan fingerprint density at radius 3 is 3.00 bits per heavy atom. The second kappa shape index (κ2) is 4.62. The quantitative estimate of drug-likeness (QED) is 0.694. The Morgan fingerprint density at radius 1 is 1.32 bits per heavy atom. The summed E-state index contributed by atoms with van der Waals surface area (Å²) in [5, 5.41) is 3.20. The molecule has 0 spiro atoms. The lowest BCUT2D eigenvalue weighted by Gasteiger charge is -1.98. The molecule has 0 fully saturated rings. The second-order valence-electron chi connectivity index (χ2n) is 3.79. The number of amides is 1. The van der Waals surface area contributed by atoms with Crippen LogP contribution in [0.25, 0.3) is 10.2 Å². The number of carbonyl (C=O) groups is 1. The number of carbonyl (C=O) groups excluding carboxylic acids is 1. The summed E-state index contributed by atoms with van der Waals surface area (Å²) < 4.78 is 0.962. The maximum Gasteiger partial charge on any atom is 0.277 e. The molecule has 3 aromatic rings. The van der Waals surface area contributed by atoms with Crippen LogP contribution < -0.4 is 11.1 Å². The van der Waals surface area contributed by atoms with Gasteiger partial charge >= 0.3 is 0 Å². The minimum atomic E-state index is -0.333. The average molecular weight is 271 g/mol. The van der Waals surface area contributed by atoms with Crippen LogP contribution in [-0.2, 0) is 0 Å². The fourth-order valence-electron chi connectivity index (χ4n) is 1.58. The van der Waals surface area contributed by atoms with Gasteiger partial charge in [0, 0.05) is 18.1 Å². The summed E-state index contributed by atoms with van der Waals surface area (Å²) >= 11 is 1.38. The Kier molecular flexibility index (Phi) is 2.81. The van der Waals surface area contributed by atoms with E-state index < -0.39 is 0 Å². The molecular formula is C12H9N5OS. The van der Waals surface area contributed by atoms with Gasteiger partial charge in [0.1, 0.15) is 5.69 Å². The van der Waals surface area contributed by atoms with Gasteiger partial charge in [-0.3, -0.25) is 15.1 Å². The van der Waals surface area contributed by atoms with E-state index in [4.69, 9.17) is 5.73 Å². The highest BCUT2D eigenvalue weighted by Gasteiger charge is 2.10. The Bertz CT molecular complexity index is 740. The number of nitrogens with zero attached hydrogens (tertiary/aromatic N) is 3. The summed E-state index contributed by atoms with van der Waals surface area (Å²) in [5.74, 6) is -0.333. The molecule has 0 unspecified atom stereocenters. The third kappa shape index (κ3) is 2.36. The Labute approximate surface area is 112 Å². The SMILES string of the molecule is Nc1ccc2sc(NC(=O)c3cnccn3)nc2c1. The molecule has 0 aliphatic rings. The van der Waals surface area contributed by atoms with Gasteiger partial charge in [-0.25, -0.2) is 9.97 Å². The summed E-state index contributed by atoms with van der Waals surface area (Å²) in [6, 6.07) is 5.44. The highest BCUT2D eigenvalue weighted by Crippen LogP contribution is 2.27. The largest absolute Gasteiger partial charge is 0.399 e. The number of hydrogen-bond donors (Lipinski definition) is 2. The summed E-state index contributed by atoms with van der Waals surface area (Å²) in [4.78, 5) is 24.0. The minimum Gasteiger partial charge on any atom is -0.399 e. The van der Waals surface area contributed by atoms with E-state index in [1.54, 1.807) is 12.1 Å². The molecule has 2 heterocycles. The van der Waals surface area contributed by atoms with Gasteiger partial charge in [-0.15, -0.1) is 0 Å². The molecule has 1 aromatic carbocycles. The number of fused-ring (bicyclic) bond motifs is 1. The zero-order valence-corrected chi connectivity index (χ0v) is 10.5. The molecule has 0 radical (unpaired) electrons. The summed E-state index contributed by atoms with van der Waals surface area (Å²) in [6.07, 6.45) is 4.38. The van der Waals surface area contributed by atoms with Crippen LogP contribution in [0.15, 0.2) is 36.8 Å².